The molecule has 0 fully saturated rings. The topological polar surface area (TPSA) is 83.5 Å². The highest BCUT2D eigenvalue weighted by Gasteiger charge is 2.26. The lowest BCUT2D eigenvalue weighted by Gasteiger charge is -2.23. The number of hydrogen-bond donors (Lipinski definition) is 2. The van der Waals surface area contributed by atoms with Crippen molar-refractivity contribution in [1.29, 1.82) is 0 Å². The normalized spacial score (nSPS) is 11.0. The summed E-state index contributed by atoms with van der Waals surface area (Å²) in [4.78, 5) is 35.7. The van der Waals surface area contributed by atoms with Crippen LogP contribution in [0.25, 0.3) is 0 Å². The standard InChI is InChI=1S/C21H23NO4/c1-21(2,13-18(23)15-8-4-3-5-9-15)14-19(24)22-17-11-7-6-10-16(17)12-20(25)26/h3-11H,12-14H2,1-2H3,(H,22,24)(H,25,26). The van der Waals surface area contributed by atoms with Crippen molar-refractivity contribution in [3.8, 4) is 0 Å². The lowest BCUT2D eigenvalue weighted by Crippen LogP contribution is -2.25. The molecule has 136 valence electrons. The Morgan fingerprint density at radius 2 is 1.54 bits per heavy atom. The maximum absolute atomic E-state index is 12.4. The molecule has 2 aromatic carbocycles. The number of ketones is 1. The zero-order valence-electron chi connectivity index (χ0n) is 15.0. The Balaban J connectivity index is 2.00. The second-order valence-electron chi connectivity index (χ2n) is 7.08. The van der Waals surface area contributed by atoms with Crippen molar-refractivity contribution >= 4 is 23.3 Å². The predicted octanol–water partition coefficient (Wildman–Crippen LogP) is 3.94. The number of anilines is 1. The van der Waals surface area contributed by atoms with Gasteiger partial charge >= 0.3 is 5.97 Å². The van der Waals surface area contributed by atoms with Crippen LogP contribution in [0.1, 0.15) is 42.6 Å². The maximum atomic E-state index is 12.4. The molecule has 5 heteroatoms. The third-order valence-electron chi connectivity index (χ3n) is 4.01. The van der Waals surface area contributed by atoms with Gasteiger partial charge in [-0.2, -0.15) is 0 Å². The number of para-hydroxylation sites is 1. The second kappa shape index (κ2) is 8.43. The van der Waals surface area contributed by atoms with Crippen molar-refractivity contribution in [3.63, 3.8) is 0 Å². The van der Waals surface area contributed by atoms with Gasteiger partial charge < -0.3 is 10.4 Å². The fourth-order valence-electron chi connectivity index (χ4n) is 2.81. The Bertz CT molecular complexity index is 797. The van der Waals surface area contributed by atoms with Crippen LogP contribution in [0.4, 0.5) is 5.69 Å². The fraction of sp³-hybridized carbons (Fsp3) is 0.286. The third-order valence-corrected chi connectivity index (χ3v) is 4.01. The van der Waals surface area contributed by atoms with Crippen LogP contribution in [0, 0.1) is 5.41 Å². The van der Waals surface area contributed by atoms with Gasteiger partial charge in [-0.05, 0) is 17.0 Å². The SMILES string of the molecule is CC(C)(CC(=O)Nc1ccccc1CC(=O)O)CC(=O)c1ccccc1. The third kappa shape index (κ3) is 5.84. The van der Waals surface area contributed by atoms with Crippen molar-refractivity contribution in [2.45, 2.75) is 33.1 Å². The van der Waals surface area contributed by atoms with E-state index in [4.69, 9.17) is 5.11 Å². The number of nitrogens with one attached hydrogen (secondary N) is 1. The predicted molar refractivity (Wildman–Crippen MR) is 100 cm³/mol. The van der Waals surface area contributed by atoms with Gasteiger partial charge in [0.15, 0.2) is 5.78 Å². The number of rotatable bonds is 8. The minimum atomic E-state index is -0.958. The Kier molecular flexibility index (Phi) is 6.28. The first-order chi connectivity index (χ1) is 12.3. The quantitative estimate of drug-likeness (QED) is 0.704. The van der Waals surface area contributed by atoms with Crippen molar-refractivity contribution < 1.29 is 19.5 Å². The van der Waals surface area contributed by atoms with Crippen molar-refractivity contribution in [3.05, 3.63) is 65.7 Å². The molecule has 0 aromatic heterocycles. The number of Topliss-reactive ketones (excluding diaryl/α,β-unsaturated/α-hetero) is 1. The van der Waals surface area contributed by atoms with Gasteiger partial charge in [0.2, 0.25) is 5.91 Å². The monoisotopic (exact) mass is 353 g/mol. The Morgan fingerprint density at radius 3 is 2.19 bits per heavy atom. The van der Waals surface area contributed by atoms with Crippen LogP contribution in [0.5, 0.6) is 0 Å². The van der Waals surface area contributed by atoms with Crippen LogP contribution in [0.2, 0.25) is 0 Å². The van der Waals surface area contributed by atoms with Gasteiger partial charge in [-0.15, -0.1) is 0 Å². The van der Waals surface area contributed by atoms with E-state index in [2.05, 4.69) is 5.32 Å². The van der Waals surface area contributed by atoms with Gasteiger partial charge in [-0.25, -0.2) is 0 Å². The highest BCUT2D eigenvalue weighted by molar-refractivity contribution is 5.97. The average Bonchev–Trinajstić information content (AvgIpc) is 2.56. The minimum absolute atomic E-state index is 0.00493. The molecule has 0 heterocycles. The summed E-state index contributed by atoms with van der Waals surface area (Å²) in [6.07, 6.45) is 0.251. The first-order valence-electron chi connectivity index (χ1n) is 8.45. The lowest BCUT2D eigenvalue weighted by atomic mass is 9.82. The summed E-state index contributed by atoms with van der Waals surface area (Å²) in [5, 5.41) is 11.7. The summed E-state index contributed by atoms with van der Waals surface area (Å²) in [7, 11) is 0. The fourth-order valence-corrected chi connectivity index (χ4v) is 2.81. The number of carboxylic acids is 1. The van der Waals surface area contributed by atoms with Gasteiger partial charge in [0, 0.05) is 24.1 Å². The van der Waals surface area contributed by atoms with Gasteiger partial charge in [0.1, 0.15) is 0 Å². The zero-order valence-corrected chi connectivity index (χ0v) is 15.0. The molecule has 0 aliphatic carbocycles. The molecule has 1 amide bonds. The smallest absolute Gasteiger partial charge is 0.307 e. The number of hydrogen-bond acceptors (Lipinski definition) is 3. The molecule has 0 aliphatic heterocycles. The summed E-state index contributed by atoms with van der Waals surface area (Å²) in [6.45, 7) is 3.74. The first-order valence-corrected chi connectivity index (χ1v) is 8.45. The van der Waals surface area contributed by atoms with Crippen molar-refractivity contribution in [2.24, 2.45) is 5.41 Å². The Hall–Kier alpha value is -2.95. The van der Waals surface area contributed by atoms with E-state index in [1.54, 1.807) is 36.4 Å². The van der Waals surface area contributed by atoms with E-state index in [0.717, 1.165) is 0 Å². The molecule has 0 bridgehead atoms. The van der Waals surface area contributed by atoms with Crippen LogP contribution in [-0.2, 0) is 16.0 Å². The summed E-state index contributed by atoms with van der Waals surface area (Å²) >= 11 is 0. The molecule has 0 unspecified atom stereocenters. The van der Waals surface area contributed by atoms with E-state index in [1.807, 2.05) is 32.0 Å². The molecular formula is C21H23NO4. The Morgan fingerprint density at radius 1 is 0.923 bits per heavy atom. The number of carboxylic acid groups (broad SMARTS) is 1. The van der Waals surface area contributed by atoms with E-state index >= 15 is 0 Å². The van der Waals surface area contributed by atoms with Crippen LogP contribution in [-0.4, -0.2) is 22.8 Å². The largest absolute Gasteiger partial charge is 0.481 e. The number of carbonyl (C=O) groups excluding carboxylic acids is 2. The highest BCUT2D eigenvalue weighted by atomic mass is 16.4. The first kappa shape index (κ1) is 19.4. The van der Waals surface area contributed by atoms with E-state index in [0.29, 0.717) is 16.8 Å². The number of carbonyl (C=O) groups is 3. The van der Waals surface area contributed by atoms with E-state index in [-0.39, 0.29) is 31.0 Å². The summed E-state index contributed by atoms with van der Waals surface area (Å²) < 4.78 is 0. The molecule has 0 spiro atoms. The van der Waals surface area contributed by atoms with Gasteiger partial charge in [0.05, 0.1) is 6.42 Å². The molecule has 0 saturated heterocycles. The average molecular weight is 353 g/mol. The summed E-state index contributed by atoms with van der Waals surface area (Å²) in [5.74, 6) is -1.20. The molecule has 2 rings (SSSR count). The molecule has 0 saturated carbocycles. The van der Waals surface area contributed by atoms with E-state index < -0.39 is 11.4 Å². The summed E-state index contributed by atoms with van der Waals surface area (Å²) in [6, 6.07) is 15.8. The lowest BCUT2D eigenvalue weighted by molar-refractivity contribution is -0.136. The Labute approximate surface area is 153 Å². The van der Waals surface area contributed by atoms with Crippen molar-refractivity contribution in [1.82, 2.24) is 0 Å². The van der Waals surface area contributed by atoms with Gasteiger partial charge in [-0.3, -0.25) is 14.4 Å². The molecule has 0 aliphatic rings. The van der Waals surface area contributed by atoms with Crippen LogP contribution < -0.4 is 5.32 Å². The number of aliphatic carboxylic acids is 1. The summed E-state index contributed by atoms with van der Waals surface area (Å²) in [5.41, 5.74) is 1.16. The van der Waals surface area contributed by atoms with Crippen LogP contribution in [0.3, 0.4) is 0 Å². The minimum Gasteiger partial charge on any atom is -0.481 e. The highest BCUT2D eigenvalue weighted by Crippen LogP contribution is 2.28. The maximum Gasteiger partial charge on any atom is 0.307 e. The molecule has 0 atom stereocenters. The van der Waals surface area contributed by atoms with Crippen LogP contribution >= 0.6 is 0 Å². The number of benzene rings is 2. The van der Waals surface area contributed by atoms with E-state index in [1.165, 1.54) is 0 Å². The molecule has 26 heavy (non-hydrogen) atoms. The van der Waals surface area contributed by atoms with Gasteiger partial charge in [-0.1, -0.05) is 62.4 Å². The molecule has 2 aromatic rings. The molecule has 0 radical (unpaired) electrons. The number of amides is 1. The molecular weight excluding hydrogens is 330 g/mol. The molecule has 2 N–H and O–H groups in total. The van der Waals surface area contributed by atoms with Gasteiger partial charge in [0.25, 0.3) is 0 Å². The zero-order chi connectivity index (χ0) is 19.2. The molecule has 5 nitrogen and oxygen atoms in total. The van der Waals surface area contributed by atoms with Crippen molar-refractivity contribution in [2.75, 3.05) is 5.32 Å². The van der Waals surface area contributed by atoms with Crippen LogP contribution in [0.15, 0.2) is 54.6 Å². The van der Waals surface area contributed by atoms with E-state index in [9.17, 15) is 14.4 Å². The second-order valence-corrected chi connectivity index (χ2v) is 7.08.